The van der Waals surface area contributed by atoms with Crippen LogP contribution in [-0.4, -0.2) is 0 Å². The zero-order valence-corrected chi connectivity index (χ0v) is 30.2. The maximum atomic E-state index is 2.26. The zero-order chi connectivity index (χ0) is 33.3. The molecule has 9 rings (SSSR count). The summed E-state index contributed by atoms with van der Waals surface area (Å²) in [4.78, 5) is 10.3. The molecule has 4 heteroatoms. The first kappa shape index (κ1) is 30.9. The molecule has 0 aliphatic carbocycles. The summed E-state index contributed by atoms with van der Waals surface area (Å²) in [6, 6.07) is 66.2. The smallest absolute Gasteiger partial charge is 0.0349 e. The van der Waals surface area contributed by atoms with Crippen molar-refractivity contribution in [1.29, 1.82) is 0 Å². The average Bonchev–Trinajstić information content (AvgIpc) is 4.03. The van der Waals surface area contributed by atoms with Gasteiger partial charge in [0.2, 0.25) is 0 Å². The van der Waals surface area contributed by atoms with Crippen molar-refractivity contribution in [1.82, 2.24) is 0 Å². The normalized spacial score (nSPS) is 11.2. The lowest BCUT2D eigenvalue weighted by Crippen LogP contribution is -1.75. The fourth-order valence-corrected chi connectivity index (χ4v) is 10.3. The third kappa shape index (κ3) is 6.35. The van der Waals surface area contributed by atoms with Gasteiger partial charge in [-0.1, -0.05) is 133 Å². The molecule has 5 aromatic carbocycles. The van der Waals surface area contributed by atoms with Crippen molar-refractivity contribution in [3.05, 3.63) is 182 Å². The van der Waals surface area contributed by atoms with Gasteiger partial charge in [-0.3, -0.25) is 0 Å². The summed E-state index contributed by atoms with van der Waals surface area (Å²) in [6.07, 6.45) is 0. The molecule has 0 unspecified atom stereocenters. The Morgan fingerprint density at radius 1 is 0.160 bits per heavy atom. The van der Waals surface area contributed by atoms with Crippen molar-refractivity contribution in [2.75, 3.05) is 0 Å². The molecule has 4 heterocycles. The van der Waals surface area contributed by atoms with E-state index in [2.05, 4.69) is 182 Å². The lowest BCUT2D eigenvalue weighted by molar-refractivity contribution is 1.68. The SMILES string of the molecule is c1ccc(-c2ccc(-c3ccc(-c4ccc(-c5ccc(-c6ccc(-c7ccc(-c8ccc(-c9ccccc9)s8)cc7)s6)cc5)s4)cc3)s2)cc1. The van der Waals surface area contributed by atoms with Gasteiger partial charge in [0.05, 0.1) is 0 Å². The van der Waals surface area contributed by atoms with Crippen molar-refractivity contribution >= 4 is 45.3 Å². The summed E-state index contributed by atoms with van der Waals surface area (Å²) < 4.78 is 0. The highest BCUT2D eigenvalue weighted by Gasteiger charge is 2.11. The quantitative estimate of drug-likeness (QED) is 0.147. The second-order valence-corrected chi connectivity index (χ2v) is 16.5. The van der Waals surface area contributed by atoms with Crippen LogP contribution in [0.2, 0.25) is 0 Å². The molecule has 0 saturated heterocycles. The van der Waals surface area contributed by atoms with Crippen LogP contribution < -0.4 is 0 Å². The molecule has 0 nitrogen and oxygen atoms in total. The largest absolute Gasteiger partial charge is 0.135 e. The van der Waals surface area contributed by atoms with Crippen molar-refractivity contribution in [3.8, 4) is 83.5 Å². The lowest BCUT2D eigenvalue weighted by atomic mass is 10.1. The lowest BCUT2D eigenvalue weighted by Gasteiger charge is -2.03. The van der Waals surface area contributed by atoms with E-state index < -0.39 is 0 Å². The molecular formula is C46H30S4. The highest BCUT2D eigenvalue weighted by Crippen LogP contribution is 2.41. The van der Waals surface area contributed by atoms with E-state index in [1.54, 1.807) is 0 Å². The number of rotatable bonds is 8. The number of hydrogen-bond acceptors (Lipinski definition) is 4. The highest BCUT2D eigenvalue weighted by molar-refractivity contribution is 7.20. The minimum absolute atomic E-state index is 1.25. The molecule has 4 aromatic heterocycles. The highest BCUT2D eigenvalue weighted by atomic mass is 32.1. The van der Waals surface area contributed by atoms with Gasteiger partial charge in [-0.15, -0.1) is 45.3 Å². The van der Waals surface area contributed by atoms with E-state index in [1.165, 1.54) is 83.5 Å². The van der Waals surface area contributed by atoms with Crippen LogP contribution in [0.3, 0.4) is 0 Å². The Morgan fingerprint density at radius 3 is 0.500 bits per heavy atom. The van der Waals surface area contributed by atoms with Gasteiger partial charge in [-0.25, -0.2) is 0 Å². The molecule has 0 aliphatic heterocycles. The van der Waals surface area contributed by atoms with E-state index in [0.717, 1.165) is 0 Å². The molecule has 9 aromatic rings. The van der Waals surface area contributed by atoms with E-state index in [9.17, 15) is 0 Å². The van der Waals surface area contributed by atoms with Gasteiger partial charge in [0.1, 0.15) is 0 Å². The van der Waals surface area contributed by atoms with Crippen LogP contribution in [0.5, 0.6) is 0 Å². The molecule has 238 valence electrons. The summed E-state index contributed by atoms with van der Waals surface area (Å²) in [7, 11) is 0. The molecule has 0 N–H and O–H groups in total. The number of thiophene rings is 4. The Labute approximate surface area is 308 Å². The topological polar surface area (TPSA) is 0 Å². The van der Waals surface area contributed by atoms with E-state index >= 15 is 0 Å². The Balaban J connectivity index is 0.866. The van der Waals surface area contributed by atoms with Crippen LogP contribution in [0.15, 0.2) is 182 Å². The standard InChI is InChI=1S/C46H30S4/c1-3-7-31(8-4-1)39-23-25-41(47-39)33-11-15-35(16-12-33)43-27-29-45(49-43)37-19-21-38(22-20-37)46-30-28-44(50-46)36-17-13-34(14-18-36)42-26-24-40(48-42)32-9-5-2-6-10-32/h1-30H. The second kappa shape index (κ2) is 13.7. The summed E-state index contributed by atoms with van der Waals surface area (Å²) in [6.45, 7) is 0. The Morgan fingerprint density at radius 2 is 0.320 bits per heavy atom. The summed E-state index contributed by atoms with van der Waals surface area (Å²) in [5.74, 6) is 0. The van der Waals surface area contributed by atoms with Gasteiger partial charge in [0.25, 0.3) is 0 Å². The van der Waals surface area contributed by atoms with E-state index in [4.69, 9.17) is 0 Å². The average molecular weight is 711 g/mol. The minimum atomic E-state index is 1.25. The van der Waals surface area contributed by atoms with Crippen LogP contribution in [0.4, 0.5) is 0 Å². The van der Waals surface area contributed by atoms with Crippen LogP contribution >= 0.6 is 45.3 Å². The van der Waals surface area contributed by atoms with Gasteiger partial charge >= 0.3 is 0 Å². The van der Waals surface area contributed by atoms with E-state index in [0.29, 0.717) is 0 Å². The van der Waals surface area contributed by atoms with Gasteiger partial charge in [0.15, 0.2) is 0 Å². The Hall–Kier alpha value is -5.10. The number of hydrogen-bond donors (Lipinski definition) is 0. The predicted octanol–water partition coefficient (Wildman–Crippen LogP) is 15.3. The van der Waals surface area contributed by atoms with E-state index in [-0.39, 0.29) is 0 Å². The van der Waals surface area contributed by atoms with Crippen molar-refractivity contribution in [3.63, 3.8) is 0 Å². The molecule has 0 saturated carbocycles. The van der Waals surface area contributed by atoms with Gasteiger partial charge < -0.3 is 0 Å². The maximum Gasteiger partial charge on any atom is 0.0349 e. The van der Waals surface area contributed by atoms with Crippen LogP contribution in [-0.2, 0) is 0 Å². The predicted molar refractivity (Wildman–Crippen MR) is 221 cm³/mol. The first-order valence-electron chi connectivity index (χ1n) is 16.6. The van der Waals surface area contributed by atoms with Gasteiger partial charge in [-0.2, -0.15) is 0 Å². The van der Waals surface area contributed by atoms with Crippen LogP contribution in [0.1, 0.15) is 0 Å². The number of benzene rings is 5. The molecule has 0 amide bonds. The summed E-state index contributed by atoms with van der Waals surface area (Å²) in [5.41, 5.74) is 10.1. The van der Waals surface area contributed by atoms with Crippen molar-refractivity contribution in [2.45, 2.75) is 0 Å². The zero-order valence-electron chi connectivity index (χ0n) is 27.0. The molecule has 50 heavy (non-hydrogen) atoms. The van der Waals surface area contributed by atoms with Gasteiger partial charge in [-0.05, 0) is 93.0 Å². The Bertz CT molecular complexity index is 2310. The first-order valence-corrected chi connectivity index (χ1v) is 19.8. The molecule has 0 spiro atoms. The fraction of sp³-hybridized carbons (Fsp3) is 0. The molecule has 0 fully saturated rings. The van der Waals surface area contributed by atoms with Crippen LogP contribution in [0, 0.1) is 0 Å². The fourth-order valence-electron chi connectivity index (χ4n) is 6.19. The van der Waals surface area contributed by atoms with Crippen LogP contribution in [0.25, 0.3) is 83.5 Å². The summed E-state index contributed by atoms with van der Waals surface area (Å²) >= 11 is 7.39. The maximum absolute atomic E-state index is 2.26. The molecule has 0 radical (unpaired) electrons. The van der Waals surface area contributed by atoms with Gasteiger partial charge in [0, 0.05) is 39.0 Å². The Kier molecular flexibility index (Phi) is 8.45. The van der Waals surface area contributed by atoms with Crippen molar-refractivity contribution in [2.24, 2.45) is 0 Å². The monoisotopic (exact) mass is 710 g/mol. The molecule has 0 aliphatic rings. The third-order valence-electron chi connectivity index (χ3n) is 8.90. The summed E-state index contributed by atoms with van der Waals surface area (Å²) in [5, 5.41) is 0. The second-order valence-electron chi connectivity index (χ2n) is 12.1. The minimum Gasteiger partial charge on any atom is -0.135 e. The molecule has 0 atom stereocenters. The van der Waals surface area contributed by atoms with E-state index in [1.807, 2.05) is 45.3 Å². The third-order valence-corrected chi connectivity index (χ3v) is 13.6. The van der Waals surface area contributed by atoms with Crippen molar-refractivity contribution < 1.29 is 0 Å². The molecular weight excluding hydrogens is 681 g/mol. The molecule has 0 bridgehead atoms. The first-order chi connectivity index (χ1) is 24.7.